The molecule has 1 aromatic heterocycles. The lowest BCUT2D eigenvalue weighted by atomic mass is 9.81. The highest BCUT2D eigenvalue weighted by Crippen LogP contribution is 2.39. The van der Waals surface area contributed by atoms with Gasteiger partial charge in [0, 0.05) is 30.5 Å². The van der Waals surface area contributed by atoms with Gasteiger partial charge in [-0.2, -0.15) is 0 Å². The minimum absolute atomic E-state index is 0.183. The Morgan fingerprint density at radius 3 is 2.47 bits per heavy atom. The second-order valence-corrected chi connectivity index (χ2v) is 6.85. The van der Waals surface area contributed by atoms with E-state index in [-0.39, 0.29) is 11.5 Å². The second kappa shape index (κ2) is 5.59. The molecule has 3 heteroatoms. The van der Waals surface area contributed by atoms with Crippen LogP contribution in [0, 0.1) is 5.41 Å². The van der Waals surface area contributed by atoms with E-state index in [1.54, 1.807) is 0 Å². The van der Waals surface area contributed by atoms with Crippen LogP contribution in [0.2, 0.25) is 0 Å². The molecule has 0 radical (unpaired) electrons. The summed E-state index contributed by atoms with van der Waals surface area (Å²) in [6.45, 7) is 10.2. The molecule has 0 spiro atoms. The van der Waals surface area contributed by atoms with E-state index < -0.39 is 0 Å². The highest BCUT2D eigenvalue weighted by molar-refractivity contribution is 5.17. The topological polar surface area (TPSA) is 42.1 Å². The first-order valence-electron chi connectivity index (χ1n) is 7.32. The SMILES string of the molecule is CC(N)C(N1CCCC1c1ccncc1)C(C)(C)C. The van der Waals surface area contributed by atoms with Gasteiger partial charge in [-0.3, -0.25) is 9.88 Å². The first-order valence-corrected chi connectivity index (χ1v) is 7.32. The molecule has 0 aromatic carbocycles. The van der Waals surface area contributed by atoms with Gasteiger partial charge in [-0.1, -0.05) is 20.8 Å². The summed E-state index contributed by atoms with van der Waals surface area (Å²) in [5.41, 5.74) is 7.86. The number of hydrogen-bond donors (Lipinski definition) is 1. The minimum atomic E-state index is 0.183. The Labute approximate surface area is 117 Å². The van der Waals surface area contributed by atoms with Gasteiger partial charge in [0.2, 0.25) is 0 Å². The Hall–Kier alpha value is -0.930. The molecule has 1 aliphatic rings. The molecule has 1 saturated heterocycles. The van der Waals surface area contributed by atoms with E-state index in [2.05, 4.69) is 49.7 Å². The van der Waals surface area contributed by atoms with Crippen LogP contribution in [0.25, 0.3) is 0 Å². The molecule has 2 heterocycles. The quantitative estimate of drug-likeness (QED) is 0.909. The highest BCUT2D eigenvalue weighted by Gasteiger charge is 2.39. The first-order chi connectivity index (χ1) is 8.91. The zero-order valence-corrected chi connectivity index (χ0v) is 12.6. The van der Waals surface area contributed by atoms with Crippen LogP contribution >= 0.6 is 0 Å². The fraction of sp³-hybridized carbons (Fsp3) is 0.688. The van der Waals surface area contributed by atoms with Crippen molar-refractivity contribution < 1.29 is 0 Å². The summed E-state index contributed by atoms with van der Waals surface area (Å²) in [5, 5.41) is 0. The summed E-state index contributed by atoms with van der Waals surface area (Å²) in [5.74, 6) is 0. The Balaban J connectivity index is 2.27. The van der Waals surface area contributed by atoms with E-state index in [0.29, 0.717) is 12.1 Å². The van der Waals surface area contributed by atoms with Gasteiger partial charge < -0.3 is 5.73 Å². The van der Waals surface area contributed by atoms with E-state index in [9.17, 15) is 0 Å². The fourth-order valence-corrected chi connectivity index (χ4v) is 3.65. The van der Waals surface area contributed by atoms with Gasteiger partial charge in [-0.15, -0.1) is 0 Å². The third-order valence-corrected chi connectivity index (χ3v) is 4.13. The number of rotatable bonds is 3. The molecular weight excluding hydrogens is 234 g/mol. The number of hydrogen-bond acceptors (Lipinski definition) is 3. The maximum Gasteiger partial charge on any atom is 0.0353 e. The van der Waals surface area contributed by atoms with Gasteiger partial charge in [-0.25, -0.2) is 0 Å². The third kappa shape index (κ3) is 3.15. The monoisotopic (exact) mass is 261 g/mol. The summed E-state index contributed by atoms with van der Waals surface area (Å²) < 4.78 is 0. The summed E-state index contributed by atoms with van der Waals surface area (Å²) in [4.78, 5) is 6.74. The molecule has 3 unspecified atom stereocenters. The number of nitrogens with two attached hydrogens (primary N) is 1. The van der Waals surface area contributed by atoms with Gasteiger partial charge >= 0.3 is 0 Å². The van der Waals surface area contributed by atoms with Crippen LogP contribution in [-0.4, -0.2) is 28.5 Å². The molecule has 2 rings (SSSR count). The molecule has 1 aromatic rings. The van der Waals surface area contributed by atoms with E-state index in [4.69, 9.17) is 5.73 Å². The van der Waals surface area contributed by atoms with Crippen molar-refractivity contribution in [1.29, 1.82) is 0 Å². The van der Waals surface area contributed by atoms with Crippen LogP contribution in [0.1, 0.15) is 52.1 Å². The molecule has 3 atom stereocenters. The van der Waals surface area contributed by atoms with Gasteiger partial charge in [0.05, 0.1) is 0 Å². The molecule has 3 nitrogen and oxygen atoms in total. The Morgan fingerprint density at radius 1 is 1.32 bits per heavy atom. The van der Waals surface area contributed by atoms with Crippen molar-refractivity contribution in [2.24, 2.45) is 11.1 Å². The summed E-state index contributed by atoms with van der Waals surface area (Å²) in [6.07, 6.45) is 6.27. The van der Waals surface area contributed by atoms with Gasteiger partial charge in [0.25, 0.3) is 0 Å². The summed E-state index contributed by atoms with van der Waals surface area (Å²) in [7, 11) is 0. The highest BCUT2D eigenvalue weighted by atomic mass is 15.2. The standard InChI is InChI=1S/C16H27N3/c1-12(17)15(16(2,3)4)19-11-5-6-14(19)13-7-9-18-10-8-13/h7-10,12,14-15H,5-6,11,17H2,1-4H3. The Morgan fingerprint density at radius 2 is 1.95 bits per heavy atom. The molecule has 0 bridgehead atoms. The maximum atomic E-state index is 6.29. The van der Waals surface area contributed by atoms with E-state index >= 15 is 0 Å². The number of aromatic nitrogens is 1. The van der Waals surface area contributed by atoms with Gasteiger partial charge in [0.15, 0.2) is 0 Å². The first kappa shape index (κ1) is 14.5. The van der Waals surface area contributed by atoms with Crippen molar-refractivity contribution in [2.45, 2.75) is 58.7 Å². The average molecular weight is 261 g/mol. The van der Waals surface area contributed by atoms with Crippen molar-refractivity contribution in [1.82, 2.24) is 9.88 Å². The zero-order chi connectivity index (χ0) is 14.0. The predicted molar refractivity (Wildman–Crippen MR) is 79.8 cm³/mol. The van der Waals surface area contributed by atoms with Crippen LogP contribution in [0.15, 0.2) is 24.5 Å². The van der Waals surface area contributed by atoms with Crippen LogP contribution in [-0.2, 0) is 0 Å². The lowest BCUT2D eigenvalue weighted by Crippen LogP contribution is -2.53. The number of nitrogens with zero attached hydrogens (tertiary/aromatic N) is 2. The molecule has 1 fully saturated rings. The van der Waals surface area contributed by atoms with Crippen LogP contribution in [0.5, 0.6) is 0 Å². The molecule has 1 aliphatic heterocycles. The van der Waals surface area contributed by atoms with Gasteiger partial charge in [0.1, 0.15) is 0 Å². The zero-order valence-electron chi connectivity index (χ0n) is 12.6. The van der Waals surface area contributed by atoms with E-state index in [0.717, 1.165) is 6.54 Å². The van der Waals surface area contributed by atoms with Crippen molar-refractivity contribution in [3.05, 3.63) is 30.1 Å². The molecule has 0 aliphatic carbocycles. The molecule has 0 saturated carbocycles. The smallest absolute Gasteiger partial charge is 0.0353 e. The normalized spacial score (nSPS) is 24.4. The second-order valence-electron chi connectivity index (χ2n) is 6.85. The average Bonchev–Trinajstić information content (AvgIpc) is 2.76. The molecule has 106 valence electrons. The fourth-order valence-electron chi connectivity index (χ4n) is 3.65. The Bertz CT molecular complexity index is 394. The lowest BCUT2D eigenvalue weighted by molar-refractivity contribution is 0.0705. The van der Waals surface area contributed by atoms with Crippen LogP contribution in [0.4, 0.5) is 0 Å². The van der Waals surface area contributed by atoms with E-state index in [1.807, 2.05) is 12.4 Å². The van der Waals surface area contributed by atoms with Gasteiger partial charge in [-0.05, 0) is 49.4 Å². The number of pyridine rings is 1. The van der Waals surface area contributed by atoms with E-state index in [1.165, 1.54) is 18.4 Å². The van der Waals surface area contributed by atoms with Crippen LogP contribution < -0.4 is 5.73 Å². The molecule has 2 N–H and O–H groups in total. The molecule has 0 amide bonds. The summed E-state index contributed by atoms with van der Waals surface area (Å²) >= 11 is 0. The largest absolute Gasteiger partial charge is 0.327 e. The summed E-state index contributed by atoms with van der Waals surface area (Å²) in [6, 6.07) is 5.38. The van der Waals surface area contributed by atoms with Crippen molar-refractivity contribution >= 4 is 0 Å². The predicted octanol–water partition coefficient (Wildman–Crippen LogP) is 2.98. The van der Waals surface area contributed by atoms with Crippen molar-refractivity contribution in [2.75, 3.05) is 6.54 Å². The number of likely N-dealkylation sites (tertiary alicyclic amines) is 1. The third-order valence-electron chi connectivity index (χ3n) is 4.13. The minimum Gasteiger partial charge on any atom is -0.327 e. The Kier molecular flexibility index (Phi) is 4.26. The lowest BCUT2D eigenvalue weighted by Gasteiger charge is -2.43. The van der Waals surface area contributed by atoms with Crippen molar-refractivity contribution in [3.63, 3.8) is 0 Å². The molecule has 19 heavy (non-hydrogen) atoms. The van der Waals surface area contributed by atoms with Crippen molar-refractivity contribution in [3.8, 4) is 0 Å². The maximum absolute atomic E-state index is 6.29. The molecular formula is C16H27N3. The van der Waals surface area contributed by atoms with Crippen LogP contribution in [0.3, 0.4) is 0 Å².